The van der Waals surface area contributed by atoms with Gasteiger partial charge in [-0.1, -0.05) is 29.8 Å². The Morgan fingerprint density at radius 3 is 2.42 bits per heavy atom. The molecule has 0 amide bonds. The van der Waals surface area contributed by atoms with Crippen LogP contribution in [0.15, 0.2) is 72.9 Å². The number of methoxy groups -OCH3 is 1. The van der Waals surface area contributed by atoms with E-state index in [1.807, 2.05) is 42.2 Å². The van der Waals surface area contributed by atoms with Crippen molar-refractivity contribution in [3.8, 4) is 11.4 Å². The number of aryl methyl sites for hydroxylation is 1. The Balaban J connectivity index is 1.70. The lowest BCUT2D eigenvalue weighted by atomic mass is 9.96. The second-order valence-electron chi connectivity index (χ2n) is 8.99. The molecule has 4 aromatic rings. The summed E-state index contributed by atoms with van der Waals surface area (Å²) in [7, 11) is 1.54. The number of nitrogens with zero attached hydrogens (tertiary/aromatic N) is 3. The molecule has 1 fully saturated rings. The molecule has 2 atom stereocenters. The van der Waals surface area contributed by atoms with Gasteiger partial charge in [-0.2, -0.15) is 13.2 Å². The van der Waals surface area contributed by atoms with E-state index < -0.39 is 17.8 Å². The molecule has 2 aromatic carbocycles. The Morgan fingerprint density at radius 1 is 1.03 bits per heavy atom. The molecule has 1 aliphatic heterocycles. The minimum absolute atomic E-state index is 0.0724. The van der Waals surface area contributed by atoms with E-state index in [0.717, 1.165) is 23.0 Å². The molecule has 5 rings (SSSR count). The van der Waals surface area contributed by atoms with Crippen molar-refractivity contribution in [2.75, 3.05) is 12.0 Å². The highest BCUT2D eigenvalue weighted by Crippen LogP contribution is 2.45. The smallest absolute Gasteiger partial charge is 0.418 e. The fourth-order valence-electron chi connectivity index (χ4n) is 5.12. The maximum absolute atomic E-state index is 13.9. The van der Waals surface area contributed by atoms with Crippen molar-refractivity contribution in [1.29, 1.82) is 0 Å². The number of anilines is 1. The van der Waals surface area contributed by atoms with Gasteiger partial charge in [0, 0.05) is 23.3 Å². The Hall–Kier alpha value is -3.56. The normalized spacial score (nSPS) is 17.6. The van der Waals surface area contributed by atoms with Gasteiger partial charge in [0.25, 0.3) is 0 Å². The molecule has 5 nitrogen and oxygen atoms in total. The van der Waals surface area contributed by atoms with E-state index in [-0.39, 0.29) is 11.7 Å². The number of rotatable bonds is 5. The van der Waals surface area contributed by atoms with Crippen molar-refractivity contribution in [2.24, 2.45) is 0 Å². The van der Waals surface area contributed by atoms with Gasteiger partial charge in [0.15, 0.2) is 5.11 Å². The second-order valence-corrected chi connectivity index (χ2v) is 9.79. The summed E-state index contributed by atoms with van der Waals surface area (Å²) in [4.78, 5) is 6.49. The highest BCUT2D eigenvalue weighted by Gasteiger charge is 2.43. The molecular formula is C28H24ClF3N4OS. The third-order valence-electron chi connectivity index (χ3n) is 6.75. The zero-order valence-corrected chi connectivity index (χ0v) is 22.3. The van der Waals surface area contributed by atoms with Crippen molar-refractivity contribution in [3.63, 3.8) is 0 Å². The van der Waals surface area contributed by atoms with Gasteiger partial charge in [-0.25, -0.2) is 0 Å². The van der Waals surface area contributed by atoms with Crippen LogP contribution in [0.2, 0.25) is 5.02 Å². The number of benzene rings is 2. The van der Waals surface area contributed by atoms with Crippen LogP contribution in [0.4, 0.5) is 18.9 Å². The van der Waals surface area contributed by atoms with Crippen LogP contribution in [0.25, 0.3) is 5.69 Å². The number of pyridine rings is 1. The molecule has 0 saturated carbocycles. The number of halogens is 4. The molecule has 1 saturated heterocycles. The largest absolute Gasteiger partial charge is 0.495 e. The Morgan fingerprint density at radius 2 is 1.76 bits per heavy atom. The minimum Gasteiger partial charge on any atom is -0.495 e. The fourth-order valence-corrected chi connectivity index (χ4v) is 5.72. The SMILES string of the molecule is COc1ccc(N2C(=S)N[C@H](c3ccccn3)[C@H]2c2cc(C)n(-c3ccccc3C(F)(F)F)c2C)cc1Cl. The number of ether oxygens (including phenoxy) is 1. The number of aromatic nitrogens is 2. The maximum atomic E-state index is 13.9. The lowest BCUT2D eigenvalue weighted by Crippen LogP contribution is -2.29. The molecule has 1 N–H and O–H groups in total. The van der Waals surface area contributed by atoms with Crippen LogP contribution >= 0.6 is 23.8 Å². The first-order valence-corrected chi connectivity index (χ1v) is 12.6. The summed E-state index contributed by atoms with van der Waals surface area (Å²) in [6.45, 7) is 3.63. The van der Waals surface area contributed by atoms with Crippen LogP contribution < -0.4 is 15.0 Å². The van der Waals surface area contributed by atoms with Crippen molar-refractivity contribution < 1.29 is 17.9 Å². The fraction of sp³-hybridized carbons (Fsp3) is 0.214. The Kier molecular flexibility index (Phi) is 6.83. The van der Waals surface area contributed by atoms with E-state index >= 15 is 0 Å². The van der Waals surface area contributed by atoms with Crippen molar-refractivity contribution in [3.05, 3.63) is 106 Å². The molecule has 0 radical (unpaired) electrons. The molecule has 0 spiro atoms. The molecule has 196 valence electrons. The molecule has 2 aromatic heterocycles. The second kappa shape index (κ2) is 9.96. The molecule has 0 bridgehead atoms. The molecule has 10 heteroatoms. The van der Waals surface area contributed by atoms with Crippen molar-refractivity contribution in [2.45, 2.75) is 32.1 Å². The lowest BCUT2D eigenvalue weighted by molar-refractivity contribution is -0.137. The van der Waals surface area contributed by atoms with Crippen LogP contribution in [-0.4, -0.2) is 21.8 Å². The van der Waals surface area contributed by atoms with Gasteiger partial charge in [0.1, 0.15) is 5.75 Å². The van der Waals surface area contributed by atoms with E-state index in [9.17, 15) is 13.2 Å². The molecule has 1 aliphatic rings. The Labute approximate surface area is 228 Å². The van der Waals surface area contributed by atoms with Gasteiger partial charge in [-0.3, -0.25) is 4.98 Å². The van der Waals surface area contributed by atoms with E-state index in [4.69, 9.17) is 28.6 Å². The first-order valence-electron chi connectivity index (χ1n) is 11.8. The number of hydrogen-bond acceptors (Lipinski definition) is 3. The van der Waals surface area contributed by atoms with Crippen LogP contribution in [-0.2, 0) is 6.18 Å². The van der Waals surface area contributed by atoms with Gasteiger partial charge in [-0.15, -0.1) is 0 Å². The highest BCUT2D eigenvalue weighted by atomic mass is 35.5. The third kappa shape index (κ3) is 4.50. The summed E-state index contributed by atoms with van der Waals surface area (Å²) in [5, 5.41) is 4.24. The van der Waals surface area contributed by atoms with Crippen LogP contribution in [0, 0.1) is 13.8 Å². The summed E-state index contributed by atoms with van der Waals surface area (Å²) in [6, 6.07) is 17.7. The van der Waals surface area contributed by atoms with Crippen LogP contribution in [0.5, 0.6) is 5.75 Å². The predicted octanol–water partition coefficient (Wildman–Crippen LogP) is 7.35. The maximum Gasteiger partial charge on any atom is 0.418 e. The average Bonchev–Trinajstić information content (AvgIpc) is 3.38. The molecule has 0 unspecified atom stereocenters. The lowest BCUT2D eigenvalue weighted by Gasteiger charge is -2.28. The molecule has 38 heavy (non-hydrogen) atoms. The van der Waals surface area contributed by atoms with Gasteiger partial charge >= 0.3 is 6.18 Å². The first-order chi connectivity index (χ1) is 18.1. The number of nitrogens with one attached hydrogen (secondary N) is 1. The summed E-state index contributed by atoms with van der Waals surface area (Å²) in [6.07, 6.45) is -2.80. The number of para-hydroxylation sites is 1. The highest BCUT2D eigenvalue weighted by molar-refractivity contribution is 7.80. The van der Waals surface area contributed by atoms with Crippen LogP contribution in [0.3, 0.4) is 0 Å². The number of hydrogen-bond donors (Lipinski definition) is 1. The first kappa shape index (κ1) is 26.1. The van der Waals surface area contributed by atoms with Crippen molar-refractivity contribution in [1.82, 2.24) is 14.9 Å². The van der Waals surface area contributed by atoms with Gasteiger partial charge < -0.3 is 19.5 Å². The van der Waals surface area contributed by atoms with E-state index in [1.165, 1.54) is 19.2 Å². The summed E-state index contributed by atoms with van der Waals surface area (Å²) < 4.78 is 48.8. The summed E-state index contributed by atoms with van der Waals surface area (Å²) in [5.74, 6) is 0.522. The van der Waals surface area contributed by atoms with Crippen molar-refractivity contribution >= 4 is 34.6 Å². The van der Waals surface area contributed by atoms with Gasteiger partial charge in [0.2, 0.25) is 0 Å². The van der Waals surface area contributed by atoms with E-state index in [2.05, 4.69) is 10.3 Å². The zero-order chi connectivity index (χ0) is 27.2. The Bertz CT molecular complexity index is 1510. The topological polar surface area (TPSA) is 42.3 Å². The van der Waals surface area contributed by atoms with Gasteiger partial charge in [0.05, 0.1) is 41.2 Å². The number of thiocarbonyl (C=S) groups is 1. The van der Waals surface area contributed by atoms with Gasteiger partial charge in [-0.05, 0) is 80.2 Å². The average molecular weight is 557 g/mol. The standard InChI is InChI=1S/C28H24ClF3N4OS/c1-16-14-19(17(2)35(16)23-10-5-4-8-20(23)28(30,31)32)26-25(22-9-6-7-13-33-22)34-27(38)36(26)18-11-12-24(37-3)21(29)15-18/h4-15,25-26H,1-3H3,(H,34,38)/t25-,26-/m1/s1. The summed E-state index contributed by atoms with van der Waals surface area (Å²) >= 11 is 12.2. The number of alkyl halides is 3. The molecular weight excluding hydrogens is 533 g/mol. The summed E-state index contributed by atoms with van der Waals surface area (Å²) in [5.41, 5.74) is 2.99. The zero-order valence-electron chi connectivity index (χ0n) is 20.8. The van der Waals surface area contributed by atoms with Crippen LogP contribution in [0.1, 0.15) is 40.3 Å². The third-order valence-corrected chi connectivity index (χ3v) is 7.36. The van der Waals surface area contributed by atoms with E-state index in [0.29, 0.717) is 27.3 Å². The van der Waals surface area contributed by atoms with E-state index in [1.54, 1.807) is 35.9 Å². The minimum atomic E-state index is -4.50. The molecule has 0 aliphatic carbocycles. The molecule has 3 heterocycles. The quantitative estimate of drug-likeness (QED) is 0.260. The monoisotopic (exact) mass is 556 g/mol. The predicted molar refractivity (Wildman–Crippen MR) is 146 cm³/mol.